The Morgan fingerprint density at radius 2 is 2.05 bits per heavy atom. The lowest BCUT2D eigenvalue weighted by molar-refractivity contribution is 0.221. The zero-order chi connectivity index (χ0) is 14.5. The van der Waals surface area contributed by atoms with Crippen LogP contribution in [0.5, 0.6) is 11.5 Å². The molecular formula is C17H22O3. The van der Waals surface area contributed by atoms with Gasteiger partial charge in [-0.15, -0.1) is 0 Å². The lowest BCUT2D eigenvalue weighted by atomic mass is 10.0. The second kappa shape index (κ2) is 6.62. The Hall–Kier alpha value is -1.74. The van der Waals surface area contributed by atoms with Gasteiger partial charge in [0.25, 0.3) is 0 Å². The normalized spacial score (nSPS) is 19.9. The topological polar surface area (TPSA) is 38.7 Å². The van der Waals surface area contributed by atoms with Crippen molar-refractivity contribution in [1.82, 2.24) is 0 Å². The minimum Gasteiger partial charge on any atom is -0.496 e. The van der Waals surface area contributed by atoms with Gasteiger partial charge >= 0.3 is 0 Å². The number of ether oxygens (including phenoxy) is 2. The fourth-order valence-electron chi connectivity index (χ4n) is 2.33. The first-order valence-electron chi connectivity index (χ1n) is 6.89. The van der Waals surface area contributed by atoms with Crippen molar-refractivity contribution in [3.8, 4) is 11.5 Å². The highest BCUT2D eigenvalue weighted by molar-refractivity contribution is 5.41. The standard InChI is InChI=1S/C17H22O3/c1-12-4-5-14-10-16(6-7-17(14)19-3)20-11-13(2)9-15(18)8-12/h4,6-7,9-10,15,18H,5,8,11H2,1-3H3/t15-/m0/s1. The largest absolute Gasteiger partial charge is 0.496 e. The Kier molecular flexibility index (Phi) is 4.85. The fourth-order valence-corrected chi connectivity index (χ4v) is 2.33. The molecule has 2 bridgehead atoms. The second-order valence-corrected chi connectivity index (χ2v) is 5.30. The minimum absolute atomic E-state index is 0.450. The molecule has 1 aliphatic heterocycles. The van der Waals surface area contributed by atoms with E-state index in [1.54, 1.807) is 7.11 Å². The van der Waals surface area contributed by atoms with E-state index >= 15 is 0 Å². The maximum Gasteiger partial charge on any atom is 0.122 e. The third-order valence-corrected chi connectivity index (χ3v) is 3.40. The van der Waals surface area contributed by atoms with Crippen molar-refractivity contribution >= 4 is 0 Å². The molecule has 1 aliphatic rings. The minimum atomic E-state index is -0.450. The van der Waals surface area contributed by atoms with E-state index < -0.39 is 6.10 Å². The molecule has 20 heavy (non-hydrogen) atoms. The van der Waals surface area contributed by atoms with Crippen LogP contribution in [-0.4, -0.2) is 24.9 Å². The number of methoxy groups -OCH3 is 1. The summed E-state index contributed by atoms with van der Waals surface area (Å²) in [6.45, 7) is 4.51. The molecule has 1 aromatic carbocycles. The molecule has 1 atom stereocenters. The van der Waals surface area contributed by atoms with E-state index in [2.05, 4.69) is 6.08 Å². The van der Waals surface area contributed by atoms with Crippen LogP contribution < -0.4 is 9.47 Å². The zero-order valence-corrected chi connectivity index (χ0v) is 12.3. The predicted molar refractivity (Wildman–Crippen MR) is 80.3 cm³/mol. The first-order valence-corrected chi connectivity index (χ1v) is 6.89. The summed E-state index contributed by atoms with van der Waals surface area (Å²) in [5.41, 5.74) is 3.31. The number of allylic oxidation sites excluding steroid dienone is 1. The number of hydrogen-bond acceptors (Lipinski definition) is 3. The lowest BCUT2D eigenvalue weighted by Crippen LogP contribution is -2.08. The molecule has 0 spiro atoms. The monoisotopic (exact) mass is 274 g/mol. The molecule has 108 valence electrons. The van der Waals surface area contributed by atoms with Crippen molar-refractivity contribution < 1.29 is 14.6 Å². The third kappa shape index (κ3) is 3.87. The van der Waals surface area contributed by atoms with E-state index in [0.717, 1.165) is 29.1 Å². The van der Waals surface area contributed by atoms with Crippen LogP contribution in [0.4, 0.5) is 0 Å². The summed E-state index contributed by atoms with van der Waals surface area (Å²) in [5, 5.41) is 10.00. The summed E-state index contributed by atoms with van der Waals surface area (Å²) >= 11 is 0. The smallest absolute Gasteiger partial charge is 0.122 e. The van der Waals surface area contributed by atoms with E-state index in [1.807, 2.05) is 38.1 Å². The molecule has 2 rings (SSSR count). The lowest BCUT2D eigenvalue weighted by Gasteiger charge is -2.14. The van der Waals surface area contributed by atoms with Gasteiger partial charge in [-0.2, -0.15) is 0 Å². The van der Waals surface area contributed by atoms with Crippen molar-refractivity contribution in [2.45, 2.75) is 32.8 Å². The van der Waals surface area contributed by atoms with Crippen molar-refractivity contribution in [2.75, 3.05) is 13.7 Å². The van der Waals surface area contributed by atoms with Gasteiger partial charge in [-0.3, -0.25) is 0 Å². The highest BCUT2D eigenvalue weighted by atomic mass is 16.5. The number of benzene rings is 1. The van der Waals surface area contributed by atoms with E-state index in [1.165, 1.54) is 5.57 Å². The molecular weight excluding hydrogens is 252 g/mol. The van der Waals surface area contributed by atoms with Crippen LogP contribution in [0.2, 0.25) is 0 Å². The van der Waals surface area contributed by atoms with E-state index in [4.69, 9.17) is 9.47 Å². The third-order valence-electron chi connectivity index (χ3n) is 3.40. The van der Waals surface area contributed by atoms with Gasteiger partial charge in [0, 0.05) is 5.56 Å². The summed E-state index contributed by atoms with van der Waals surface area (Å²) in [7, 11) is 1.68. The van der Waals surface area contributed by atoms with Gasteiger partial charge in [-0.25, -0.2) is 0 Å². The van der Waals surface area contributed by atoms with Crippen LogP contribution in [0.1, 0.15) is 25.8 Å². The Labute approximate surface area is 120 Å². The summed E-state index contributed by atoms with van der Waals surface area (Å²) in [4.78, 5) is 0. The number of rotatable bonds is 1. The first kappa shape index (κ1) is 14.7. The van der Waals surface area contributed by atoms with E-state index in [-0.39, 0.29) is 0 Å². The zero-order valence-electron chi connectivity index (χ0n) is 12.3. The molecule has 3 nitrogen and oxygen atoms in total. The molecule has 0 aliphatic carbocycles. The Balaban J connectivity index is 2.34. The average molecular weight is 274 g/mol. The van der Waals surface area contributed by atoms with Crippen molar-refractivity contribution in [2.24, 2.45) is 0 Å². The summed E-state index contributed by atoms with van der Waals surface area (Å²) in [6, 6.07) is 5.87. The molecule has 0 radical (unpaired) electrons. The van der Waals surface area contributed by atoms with Crippen LogP contribution in [-0.2, 0) is 6.42 Å². The molecule has 1 N–H and O–H groups in total. The number of fused-ring (bicyclic) bond motifs is 2. The van der Waals surface area contributed by atoms with Crippen LogP contribution in [0.3, 0.4) is 0 Å². The molecule has 1 aromatic rings. The summed E-state index contributed by atoms with van der Waals surface area (Å²) < 4.78 is 11.1. The summed E-state index contributed by atoms with van der Waals surface area (Å²) in [6.07, 6.45) is 4.98. The molecule has 0 amide bonds. The van der Waals surface area contributed by atoms with Gasteiger partial charge in [0.15, 0.2) is 0 Å². The van der Waals surface area contributed by atoms with Crippen LogP contribution in [0, 0.1) is 0 Å². The summed E-state index contributed by atoms with van der Waals surface area (Å²) in [5.74, 6) is 1.70. The van der Waals surface area contributed by atoms with E-state index in [9.17, 15) is 5.11 Å². The molecule has 1 heterocycles. The van der Waals surface area contributed by atoms with E-state index in [0.29, 0.717) is 13.0 Å². The van der Waals surface area contributed by atoms with Crippen LogP contribution in [0.15, 0.2) is 41.5 Å². The first-order chi connectivity index (χ1) is 9.58. The van der Waals surface area contributed by atoms with Gasteiger partial charge < -0.3 is 14.6 Å². The van der Waals surface area contributed by atoms with Gasteiger partial charge in [0.1, 0.15) is 18.1 Å². The number of hydrogen-bond donors (Lipinski definition) is 1. The van der Waals surface area contributed by atoms with Crippen LogP contribution in [0.25, 0.3) is 0 Å². The van der Waals surface area contributed by atoms with Gasteiger partial charge in [-0.05, 0) is 50.5 Å². The maximum absolute atomic E-state index is 10.00. The quantitative estimate of drug-likeness (QED) is 0.799. The maximum atomic E-state index is 10.00. The van der Waals surface area contributed by atoms with Crippen molar-refractivity contribution in [3.05, 3.63) is 47.1 Å². The van der Waals surface area contributed by atoms with Crippen LogP contribution >= 0.6 is 0 Å². The molecule has 0 saturated carbocycles. The molecule has 0 fully saturated rings. The molecule has 3 heteroatoms. The van der Waals surface area contributed by atoms with Crippen molar-refractivity contribution in [1.29, 1.82) is 0 Å². The predicted octanol–water partition coefficient (Wildman–Crippen LogP) is 3.27. The van der Waals surface area contributed by atoms with Crippen molar-refractivity contribution in [3.63, 3.8) is 0 Å². The average Bonchev–Trinajstić information content (AvgIpc) is 2.41. The Bertz CT molecular complexity index is 529. The Morgan fingerprint density at radius 3 is 2.80 bits per heavy atom. The SMILES string of the molecule is COc1ccc2cc1CC=C(C)C[C@H](O)C=C(C)CO2. The highest BCUT2D eigenvalue weighted by Gasteiger charge is 2.08. The van der Waals surface area contributed by atoms with Gasteiger partial charge in [0.05, 0.1) is 13.2 Å². The highest BCUT2D eigenvalue weighted by Crippen LogP contribution is 2.26. The fraction of sp³-hybridized carbons (Fsp3) is 0.412. The number of aliphatic hydroxyl groups excluding tert-OH is 1. The molecule has 0 aromatic heterocycles. The molecule has 0 saturated heterocycles. The number of aliphatic hydroxyl groups is 1. The molecule has 0 unspecified atom stereocenters. The van der Waals surface area contributed by atoms with Gasteiger partial charge in [0.2, 0.25) is 0 Å². The van der Waals surface area contributed by atoms with Gasteiger partial charge in [-0.1, -0.05) is 17.7 Å². The Morgan fingerprint density at radius 1 is 1.25 bits per heavy atom. The second-order valence-electron chi connectivity index (χ2n) is 5.30.